The second-order valence-corrected chi connectivity index (χ2v) is 0. The zero-order valence-electron chi connectivity index (χ0n) is 1.99. The van der Waals surface area contributed by atoms with Crippen molar-refractivity contribution in [1.29, 1.82) is 0 Å². The van der Waals surface area contributed by atoms with E-state index in [4.69, 9.17) is 4.39 Å². The fourth-order valence-electron chi connectivity index (χ4n) is 0. The Kier molecular flexibility index (Phi) is 2620. The van der Waals surface area contributed by atoms with Crippen molar-refractivity contribution in [2.24, 2.45) is 0 Å². The van der Waals surface area contributed by atoms with Gasteiger partial charge in [-0.15, -0.1) is 0 Å². The van der Waals surface area contributed by atoms with E-state index in [-0.39, 0.29) is 11.6 Å². The first-order valence-corrected chi connectivity index (χ1v) is 0.189. The third kappa shape index (κ3) is 28.5. The summed E-state index contributed by atoms with van der Waals surface area (Å²) in [6.07, 6.45) is 0. The maximum Gasteiger partial charge on any atom is 0.232 e. The third-order valence-corrected chi connectivity index (χ3v) is 0. The molecule has 0 aliphatic rings. The molecule has 1 nitrogen and oxygen atoms in total. The predicted octanol–water partition coefficient (Wildman–Crippen LogP) is 0.383. The van der Waals surface area contributed by atoms with Gasteiger partial charge in [-0.2, -0.15) is 0 Å². The summed E-state index contributed by atoms with van der Waals surface area (Å²) in [4.78, 5) is 0. The van der Waals surface area contributed by atoms with Gasteiger partial charge in [-0.25, -0.2) is 4.39 Å². The summed E-state index contributed by atoms with van der Waals surface area (Å²) in [5, 5.41) is 0. The van der Waals surface area contributed by atoms with Crippen LogP contribution in [-0.4, -0.2) is 0 Å². The van der Waals surface area contributed by atoms with Gasteiger partial charge in [-0.3, -0.25) is 0 Å². The van der Waals surface area contributed by atoms with Gasteiger partial charge in [0, 0.05) is 11.6 Å². The van der Waals surface area contributed by atoms with Crippen molar-refractivity contribution in [1.82, 2.24) is 0 Å². The zero-order valence-corrected chi connectivity index (χ0v) is 1.99. The van der Waals surface area contributed by atoms with Crippen LogP contribution in [0.4, 0.5) is 4.39 Å². The monoisotopic (exact) mass is 51.0 g/mol. The molecule has 0 aliphatic heterocycles. The van der Waals surface area contributed by atoms with Crippen LogP contribution in [0, 0.1) is 13.3 Å². The Morgan fingerprint density at radius 2 is 1.25 bits per heavy atom. The molecule has 3 heteroatoms. The Balaban J connectivity index is -0.00000000500. The molecule has 0 aromatic carbocycles. The Hall–Kier alpha value is -0.201. The smallest absolute Gasteiger partial charge is 0.232 e. The van der Waals surface area contributed by atoms with E-state index in [0.29, 0.717) is 0 Å². The second kappa shape index (κ2) is 224. The molecule has 0 saturated heterocycles. The molecular formula is CFHeO. The van der Waals surface area contributed by atoms with Crippen LogP contribution in [0.15, 0.2) is 0 Å². The SMILES string of the molecule is [C]F.[He].[O]. The van der Waals surface area contributed by atoms with Crippen LogP contribution in [0.1, 0.15) is 0 Å². The van der Waals surface area contributed by atoms with E-state index in [1.165, 1.54) is 0 Å². The first-order chi connectivity index (χ1) is 1.00. The average molecular weight is 51.0 g/mol. The molecule has 0 N–H and O–H groups in total. The van der Waals surface area contributed by atoms with Crippen molar-refractivity contribution in [3.63, 3.8) is 0 Å². The minimum absolute atomic E-state index is 0. The largest absolute Gasteiger partial charge is 0.232 e. The van der Waals surface area contributed by atoms with E-state index in [1.54, 1.807) is 0 Å². The molecule has 0 saturated carbocycles. The molecule has 0 aliphatic carbocycles. The summed E-state index contributed by atoms with van der Waals surface area (Å²) in [5.74, 6) is 0. The molecule has 0 aromatic rings. The van der Waals surface area contributed by atoms with Gasteiger partial charge in [0.2, 0.25) is 7.18 Å². The maximum atomic E-state index is 8.75. The number of hydrogen-bond donors (Lipinski definition) is 0. The molecule has 0 unspecified atom stereocenters. The van der Waals surface area contributed by atoms with E-state index < -0.39 is 0 Å². The van der Waals surface area contributed by atoms with E-state index >= 15 is 0 Å². The molecular weight excluding hydrogens is 51.0 g/mol. The van der Waals surface area contributed by atoms with Crippen LogP contribution >= 0.6 is 0 Å². The molecule has 0 rings (SSSR count). The van der Waals surface area contributed by atoms with Crippen molar-refractivity contribution in [3.8, 4) is 0 Å². The number of halogens is 1. The summed E-state index contributed by atoms with van der Waals surface area (Å²) in [5.41, 5.74) is 0. The van der Waals surface area contributed by atoms with Crippen molar-refractivity contribution in [3.05, 3.63) is 7.18 Å². The Morgan fingerprint density at radius 1 is 1.25 bits per heavy atom. The molecule has 4 heavy (non-hydrogen) atoms. The predicted molar refractivity (Wildman–Crippen MR) is 5.04 cm³/mol. The van der Waals surface area contributed by atoms with Gasteiger partial charge in [0.1, 0.15) is 0 Å². The van der Waals surface area contributed by atoms with Gasteiger partial charge < -0.3 is 0 Å². The summed E-state index contributed by atoms with van der Waals surface area (Å²) >= 11 is 0. The first kappa shape index (κ1) is 46.6. The normalized spacial score (nSPS) is 1.50. The van der Waals surface area contributed by atoms with Gasteiger partial charge in [0.15, 0.2) is 0 Å². The van der Waals surface area contributed by atoms with Crippen LogP contribution < -0.4 is 0 Å². The molecule has 0 heterocycles. The van der Waals surface area contributed by atoms with Crippen LogP contribution in [0.2, 0.25) is 0 Å². The maximum absolute atomic E-state index is 8.75. The standard InChI is InChI=1S/CF.He.O/c1-2;;. The summed E-state index contributed by atoms with van der Waals surface area (Å²) in [6.45, 7) is 0. The van der Waals surface area contributed by atoms with Crippen LogP contribution in [-0.2, 0) is 5.48 Å². The summed E-state index contributed by atoms with van der Waals surface area (Å²) < 4.78 is 8.75. The second-order valence-electron chi connectivity index (χ2n) is 0. The molecule has 0 fully saturated rings. The zero-order chi connectivity index (χ0) is 2.00. The minimum Gasteiger partial charge on any atom is -0.232 e. The molecule has 0 amide bonds. The van der Waals surface area contributed by atoms with Gasteiger partial charge in [0.25, 0.3) is 0 Å². The molecule has 0 bridgehead atoms. The van der Waals surface area contributed by atoms with Crippen molar-refractivity contribution in [2.45, 2.75) is 0 Å². The van der Waals surface area contributed by atoms with Gasteiger partial charge in [0.05, 0.1) is 0 Å². The Morgan fingerprint density at radius 3 is 1.25 bits per heavy atom. The van der Waals surface area contributed by atoms with Crippen LogP contribution in [0.5, 0.6) is 0 Å². The molecule has 19 valence electrons. The minimum atomic E-state index is 0. The fourth-order valence-corrected chi connectivity index (χ4v) is 0. The van der Waals surface area contributed by atoms with Gasteiger partial charge >= 0.3 is 0 Å². The third-order valence-electron chi connectivity index (χ3n) is 0. The fraction of sp³-hybridized carbons (Fsp3) is 0. The molecule has 5 radical (unpaired) electrons. The van der Waals surface area contributed by atoms with E-state index in [9.17, 15) is 0 Å². The first-order valence-electron chi connectivity index (χ1n) is 0.189. The van der Waals surface area contributed by atoms with E-state index in [2.05, 4.69) is 7.18 Å². The van der Waals surface area contributed by atoms with Crippen molar-refractivity contribution in [2.75, 3.05) is 0 Å². The quantitative estimate of drug-likeness (QED) is 0.380. The van der Waals surface area contributed by atoms with Crippen LogP contribution in [0.3, 0.4) is 0 Å². The summed E-state index contributed by atoms with van der Waals surface area (Å²) in [6, 6.07) is 0. The summed E-state index contributed by atoms with van der Waals surface area (Å²) in [7, 11) is 4.25. The molecule has 0 aromatic heterocycles. The number of hydrogen-bond acceptors (Lipinski definition) is 0. The van der Waals surface area contributed by atoms with E-state index in [1.807, 2.05) is 0 Å². The Bertz CT molecular complexity index is 8.00. The molecule has 0 atom stereocenters. The van der Waals surface area contributed by atoms with E-state index in [0.717, 1.165) is 0 Å². The van der Waals surface area contributed by atoms with Crippen LogP contribution in [0.25, 0.3) is 0 Å². The van der Waals surface area contributed by atoms with Gasteiger partial charge in [-0.05, 0) is 0 Å². The molecule has 0 spiro atoms. The van der Waals surface area contributed by atoms with Gasteiger partial charge in [-0.1, -0.05) is 0 Å². The van der Waals surface area contributed by atoms with Crippen molar-refractivity contribution < 1.29 is 16.0 Å². The number of rotatable bonds is 0. The average Bonchev–Trinajstić information content (AvgIpc) is 1.00. The Labute approximate surface area is 24.5 Å². The topological polar surface area (TPSA) is 28.5 Å². The van der Waals surface area contributed by atoms with Crippen molar-refractivity contribution >= 4 is 0 Å².